The summed E-state index contributed by atoms with van der Waals surface area (Å²) in [4.78, 5) is 37.1. The summed E-state index contributed by atoms with van der Waals surface area (Å²) in [5, 5.41) is 2.67. The molecule has 1 heterocycles. The van der Waals surface area contributed by atoms with Gasteiger partial charge in [-0.2, -0.15) is 0 Å². The molecule has 0 atom stereocenters. The number of nitrogens with zero attached hydrogens (tertiary/aromatic N) is 2. The highest BCUT2D eigenvalue weighted by molar-refractivity contribution is 5.95. The third-order valence-corrected chi connectivity index (χ3v) is 3.64. The summed E-state index contributed by atoms with van der Waals surface area (Å²) in [6.07, 6.45) is 1.70. The largest absolute Gasteiger partial charge is 0.497 e. The molecule has 1 aromatic carbocycles. The molecule has 8 heteroatoms. The van der Waals surface area contributed by atoms with Crippen molar-refractivity contribution in [1.82, 2.24) is 9.47 Å². The Kier molecular flexibility index (Phi) is 6.37. The first-order chi connectivity index (χ1) is 12.4. The fraction of sp³-hybridized carbons (Fsp3) is 0.278. The van der Waals surface area contributed by atoms with Crippen molar-refractivity contribution in [2.75, 3.05) is 32.6 Å². The highest BCUT2D eigenvalue weighted by Gasteiger charge is 2.17. The minimum absolute atomic E-state index is 0.169. The number of likely N-dealkylation sites (N-methyl/N-ethyl adjacent to an activating group) is 1. The van der Waals surface area contributed by atoms with Crippen molar-refractivity contribution in [2.45, 2.75) is 0 Å². The minimum Gasteiger partial charge on any atom is -0.497 e. The zero-order chi connectivity index (χ0) is 19.1. The topological polar surface area (TPSA) is 89.9 Å². The number of aryl methyl sites for hydroxylation is 1. The number of benzene rings is 1. The zero-order valence-corrected chi connectivity index (χ0v) is 14.9. The third kappa shape index (κ3) is 5.10. The van der Waals surface area contributed by atoms with Crippen molar-refractivity contribution in [3.05, 3.63) is 48.3 Å². The lowest BCUT2D eigenvalue weighted by molar-refractivity contribution is -0.136. The molecule has 0 radical (unpaired) electrons. The number of aromatic nitrogens is 1. The van der Waals surface area contributed by atoms with Crippen molar-refractivity contribution >= 4 is 23.5 Å². The van der Waals surface area contributed by atoms with E-state index in [1.165, 1.54) is 19.1 Å². The quantitative estimate of drug-likeness (QED) is 0.753. The normalized spacial score (nSPS) is 10.1. The van der Waals surface area contributed by atoms with E-state index in [4.69, 9.17) is 9.47 Å². The first-order valence-corrected chi connectivity index (χ1v) is 7.87. The van der Waals surface area contributed by atoms with Crippen LogP contribution in [0.4, 0.5) is 5.69 Å². The second-order valence-electron chi connectivity index (χ2n) is 5.61. The van der Waals surface area contributed by atoms with E-state index < -0.39 is 18.5 Å². The Labute approximate surface area is 151 Å². The molecule has 1 N–H and O–H groups in total. The van der Waals surface area contributed by atoms with Gasteiger partial charge in [-0.3, -0.25) is 9.59 Å². The van der Waals surface area contributed by atoms with E-state index in [1.807, 2.05) is 0 Å². The molecule has 138 valence electrons. The number of amides is 2. The van der Waals surface area contributed by atoms with Crippen molar-refractivity contribution in [3.63, 3.8) is 0 Å². The fourth-order valence-corrected chi connectivity index (χ4v) is 2.19. The third-order valence-electron chi connectivity index (χ3n) is 3.64. The molecule has 0 aliphatic heterocycles. The lowest BCUT2D eigenvalue weighted by Gasteiger charge is -2.17. The van der Waals surface area contributed by atoms with Crippen molar-refractivity contribution in [2.24, 2.45) is 7.05 Å². The molecule has 26 heavy (non-hydrogen) atoms. The Bertz CT molecular complexity index is 800. The van der Waals surface area contributed by atoms with Gasteiger partial charge in [0.25, 0.3) is 5.91 Å². The van der Waals surface area contributed by atoms with Gasteiger partial charge in [-0.25, -0.2) is 4.79 Å². The molecule has 8 nitrogen and oxygen atoms in total. The van der Waals surface area contributed by atoms with Gasteiger partial charge in [0.1, 0.15) is 11.4 Å². The van der Waals surface area contributed by atoms with Crippen LogP contribution >= 0.6 is 0 Å². The van der Waals surface area contributed by atoms with Gasteiger partial charge >= 0.3 is 5.97 Å². The maximum atomic E-state index is 12.0. The Morgan fingerprint density at radius 3 is 2.62 bits per heavy atom. The number of ether oxygens (including phenoxy) is 2. The number of carbonyl (C=O) groups is 3. The molecule has 0 fully saturated rings. The Morgan fingerprint density at radius 2 is 1.96 bits per heavy atom. The zero-order valence-electron chi connectivity index (χ0n) is 14.9. The Morgan fingerprint density at radius 1 is 1.19 bits per heavy atom. The summed E-state index contributed by atoms with van der Waals surface area (Å²) in [5.41, 5.74) is 0.904. The van der Waals surface area contributed by atoms with E-state index in [0.29, 0.717) is 17.1 Å². The lowest BCUT2D eigenvalue weighted by Crippen LogP contribution is -2.37. The first-order valence-electron chi connectivity index (χ1n) is 7.87. The molecule has 0 bridgehead atoms. The maximum absolute atomic E-state index is 12.0. The standard InChI is InChI=1S/C18H21N3O5/c1-20-9-5-8-15(20)18(24)26-12-17(23)21(2)11-16(22)19-13-6-4-7-14(10-13)25-3/h4-10H,11-12H2,1-3H3,(H,19,22). The van der Waals surface area contributed by atoms with Crippen LogP contribution in [0.2, 0.25) is 0 Å². The molecule has 0 aliphatic rings. The number of hydrogen-bond donors (Lipinski definition) is 1. The predicted octanol–water partition coefficient (Wildman–Crippen LogP) is 1.29. The molecule has 0 saturated carbocycles. The summed E-state index contributed by atoms with van der Waals surface area (Å²) in [5.74, 6) is -0.837. The number of esters is 1. The monoisotopic (exact) mass is 359 g/mol. The lowest BCUT2D eigenvalue weighted by atomic mass is 10.3. The smallest absolute Gasteiger partial charge is 0.355 e. The van der Waals surface area contributed by atoms with E-state index in [2.05, 4.69) is 5.32 Å². The molecule has 1 aromatic heterocycles. The first kappa shape index (κ1) is 19.0. The highest BCUT2D eigenvalue weighted by Crippen LogP contribution is 2.16. The van der Waals surface area contributed by atoms with Crippen molar-refractivity contribution in [1.29, 1.82) is 0 Å². The number of methoxy groups -OCH3 is 1. The van der Waals surface area contributed by atoms with E-state index in [-0.39, 0.29) is 12.5 Å². The number of carbonyl (C=O) groups excluding carboxylic acids is 3. The van der Waals surface area contributed by atoms with E-state index in [0.717, 1.165) is 0 Å². The van der Waals surface area contributed by atoms with Gasteiger partial charge in [0, 0.05) is 32.0 Å². The van der Waals surface area contributed by atoms with Crippen LogP contribution in [0, 0.1) is 0 Å². The summed E-state index contributed by atoms with van der Waals surface area (Å²) in [7, 11) is 4.70. The SMILES string of the molecule is COc1cccc(NC(=O)CN(C)C(=O)COC(=O)c2cccn2C)c1. The van der Waals surface area contributed by atoms with Crippen molar-refractivity contribution in [3.8, 4) is 5.75 Å². The molecule has 2 aromatic rings. The van der Waals surface area contributed by atoms with Gasteiger partial charge in [-0.1, -0.05) is 6.07 Å². The molecule has 0 saturated heterocycles. The number of nitrogens with one attached hydrogen (secondary N) is 1. The maximum Gasteiger partial charge on any atom is 0.355 e. The number of hydrogen-bond acceptors (Lipinski definition) is 5. The molecule has 0 spiro atoms. The van der Waals surface area contributed by atoms with Crippen LogP contribution in [0.3, 0.4) is 0 Å². The average molecular weight is 359 g/mol. The minimum atomic E-state index is -0.597. The van der Waals surface area contributed by atoms with Gasteiger partial charge in [-0.05, 0) is 24.3 Å². The number of rotatable bonds is 7. The summed E-state index contributed by atoms with van der Waals surface area (Å²) >= 11 is 0. The van der Waals surface area contributed by atoms with Crippen LogP contribution < -0.4 is 10.1 Å². The van der Waals surface area contributed by atoms with Gasteiger partial charge in [0.2, 0.25) is 5.91 Å². The molecule has 0 aliphatic carbocycles. The summed E-state index contributed by atoms with van der Waals surface area (Å²) < 4.78 is 11.7. The van der Waals surface area contributed by atoms with Crippen LogP contribution in [0.15, 0.2) is 42.6 Å². The molecular formula is C18H21N3O5. The fourth-order valence-electron chi connectivity index (χ4n) is 2.19. The second kappa shape index (κ2) is 8.70. The van der Waals surface area contributed by atoms with Crippen LogP contribution in [0.5, 0.6) is 5.75 Å². The molecule has 2 amide bonds. The van der Waals surface area contributed by atoms with Gasteiger partial charge in [0.05, 0.1) is 13.7 Å². The van der Waals surface area contributed by atoms with Crippen LogP contribution in [0.1, 0.15) is 10.5 Å². The molecule has 0 unspecified atom stereocenters. The van der Waals surface area contributed by atoms with E-state index in [1.54, 1.807) is 54.2 Å². The van der Waals surface area contributed by atoms with Crippen LogP contribution in [0.25, 0.3) is 0 Å². The van der Waals surface area contributed by atoms with Crippen molar-refractivity contribution < 1.29 is 23.9 Å². The highest BCUT2D eigenvalue weighted by atomic mass is 16.5. The molecule has 2 rings (SSSR count). The van der Waals surface area contributed by atoms with E-state index in [9.17, 15) is 14.4 Å². The van der Waals surface area contributed by atoms with Gasteiger partial charge in [-0.15, -0.1) is 0 Å². The second-order valence-corrected chi connectivity index (χ2v) is 5.61. The Hall–Kier alpha value is -3.29. The predicted molar refractivity (Wildman–Crippen MR) is 95.0 cm³/mol. The average Bonchev–Trinajstić information content (AvgIpc) is 3.05. The summed E-state index contributed by atoms with van der Waals surface area (Å²) in [6.45, 7) is -0.606. The van der Waals surface area contributed by atoms with E-state index >= 15 is 0 Å². The van der Waals surface area contributed by atoms with Crippen LogP contribution in [-0.4, -0.2) is 54.6 Å². The molecular weight excluding hydrogens is 338 g/mol. The summed E-state index contributed by atoms with van der Waals surface area (Å²) in [6, 6.07) is 10.2. The van der Waals surface area contributed by atoms with Gasteiger partial charge < -0.3 is 24.3 Å². The van der Waals surface area contributed by atoms with Crippen LogP contribution in [-0.2, 0) is 21.4 Å². The van der Waals surface area contributed by atoms with Gasteiger partial charge in [0.15, 0.2) is 6.61 Å². The Balaban J connectivity index is 1.81. The number of anilines is 1.